The van der Waals surface area contributed by atoms with Gasteiger partial charge in [0.2, 0.25) is 5.91 Å². The van der Waals surface area contributed by atoms with Gasteiger partial charge in [-0.15, -0.1) is 11.3 Å². The van der Waals surface area contributed by atoms with Crippen molar-refractivity contribution < 1.29 is 23.1 Å². The first kappa shape index (κ1) is 15.9. The van der Waals surface area contributed by atoms with Crippen LogP contribution in [-0.4, -0.2) is 60.4 Å². The second-order valence-corrected chi connectivity index (χ2v) is 4.89. The van der Waals surface area contributed by atoms with Crippen molar-refractivity contribution in [3.63, 3.8) is 0 Å². The minimum absolute atomic E-state index is 0.233. The lowest BCUT2D eigenvalue weighted by molar-refractivity contribution is -0.207. The van der Waals surface area contributed by atoms with E-state index in [0.29, 0.717) is 5.13 Å². The molecule has 0 aliphatic heterocycles. The number of rotatable bonds is 5. The van der Waals surface area contributed by atoms with Gasteiger partial charge in [-0.25, -0.2) is 4.98 Å². The molecule has 0 saturated carbocycles. The predicted octanol–water partition coefficient (Wildman–Crippen LogP) is 0.961. The van der Waals surface area contributed by atoms with E-state index in [9.17, 15) is 18.0 Å². The van der Waals surface area contributed by atoms with Crippen LogP contribution in [-0.2, 0) is 4.79 Å². The molecule has 19 heavy (non-hydrogen) atoms. The smallest absolute Gasteiger partial charge is 0.382 e. The van der Waals surface area contributed by atoms with Gasteiger partial charge in [-0.1, -0.05) is 0 Å². The van der Waals surface area contributed by atoms with E-state index in [1.165, 1.54) is 36.5 Å². The molecule has 1 amide bonds. The van der Waals surface area contributed by atoms with Crippen LogP contribution in [0, 0.1) is 0 Å². The Morgan fingerprint density at radius 1 is 1.53 bits per heavy atom. The molecule has 0 spiro atoms. The second-order valence-electron chi connectivity index (χ2n) is 4.02. The molecule has 1 atom stereocenters. The Hall–Kier alpha value is -1.19. The molecule has 1 rings (SSSR count). The molecule has 1 heterocycles. The Labute approximate surface area is 112 Å². The first-order valence-electron chi connectivity index (χ1n) is 5.31. The number of hydrogen-bond donors (Lipinski definition) is 1. The van der Waals surface area contributed by atoms with Crippen LogP contribution in [0.5, 0.6) is 0 Å². The summed E-state index contributed by atoms with van der Waals surface area (Å²) in [6, 6.07) is 0. The zero-order chi connectivity index (χ0) is 14.6. The van der Waals surface area contributed by atoms with Crippen molar-refractivity contribution in [3.8, 4) is 0 Å². The maximum absolute atomic E-state index is 12.1. The summed E-state index contributed by atoms with van der Waals surface area (Å²) in [5, 5.41) is 11.0. The van der Waals surface area contributed by atoms with Crippen LogP contribution < -0.4 is 4.90 Å². The third kappa shape index (κ3) is 4.77. The molecule has 108 valence electrons. The number of carbonyl (C=O) groups is 1. The van der Waals surface area contributed by atoms with Crippen molar-refractivity contribution in [2.24, 2.45) is 0 Å². The number of anilines is 1. The van der Waals surface area contributed by atoms with Gasteiger partial charge in [0.25, 0.3) is 0 Å². The number of thiazole rings is 1. The number of alkyl halides is 3. The molecule has 1 N–H and O–H groups in total. The maximum Gasteiger partial charge on any atom is 0.415 e. The molecule has 9 heteroatoms. The van der Waals surface area contributed by atoms with Gasteiger partial charge in [0.1, 0.15) is 0 Å². The summed E-state index contributed by atoms with van der Waals surface area (Å²) in [7, 11) is 2.83. The molecule has 0 saturated heterocycles. The number of aliphatic hydroxyl groups excluding tert-OH is 1. The summed E-state index contributed by atoms with van der Waals surface area (Å²) in [4.78, 5) is 18.1. The van der Waals surface area contributed by atoms with Crippen molar-refractivity contribution >= 4 is 22.4 Å². The lowest BCUT2D eigenvalue weighted by atomic mass is 10.3. The number of carbonyl (C=O) groups excluding carboxylic acids is 1. The number of aliphatic hydroxyl groups is 1. The Morgan fingerprint density at radius 2 is 2.16 bits per heavy atom. The van der Waals surface area contributed by atoms with Crippen LogP contribution in [0.4, 0.5) is 18.3 Å². The van der Waals surface area contributed by atoms with Crippen LogP contribution in [0.3, 0.4) is 0 Å². The molecule has 0 aliphatic carbocycles. The monoisotopic (exact) mass is 297 g/mol. The summed E-state index contributed by atoms with van der Waals surface area (Å²) in [5.74, 6) is -0.396. The highest BCUT2D eigenvalue weighted by Crippen LogP contribution is 2.20. The van der Waals surface area contributed by atoms with Crippen molar-refractivity contribution in [3.05, 3.63) is 11.6 Å². The number of aromatic nitrogens is 1. The molecule has 0 aliphatic rings. The highest BCUT2D eigenvalue weighted by Gasteiger charge is 2.38. The van der Waals surface area contributed by atoms with Gasteiger partial charge in [0.05, 0.1) is 6.54 Å². The fraction of sp³-hybridized carbons (Fsp3) is 0.600. The summed E-state index contributed by atoms with van der Waals surface area (Å²) < 4.78 is 36.4. The van der Waals surface area contributed by atoms with E-state index in [1.807, 2.05) is 0 Å². The summed E-state index contributed by atoms with van der Waals surface area (Å²) in [6.07, 6.45) is -5.62. The van der Waals surface area contributed by atoms with Crippen LogP contribution in [0.15, 0.2) is 11.6 Å². The highest BCUT2D eigenvalue weighted by molar-refractivity contribution is 7.13. The molecule has 0 bridgehead atoms. The number of halogens is 3. The normalized spacial score (nSPS) is 13.6. The molecular formula is C10H14F3N3O2S. The molecule has 0 aromatic carbocycles. The van der Waals surface area contributed by atoms with Crippen LogP contribution >= 0.6 is 11.3 Å². The Balaban J connectivity index is 2.48. The summed E-state index contributed by atoms with van der Waals surface area (Å²) in [5.41, 5.74) is 0. The number of hydrogen-bond acceptors (Lipinski definition) is 5. The average Bonchev–Trinajstić information content (AvgIpc) is 2.79. The lowest BCUT2D eigenvalue weighted by Crippen LogP contribution is -2.43. The third-order valence-corrected chi connectivity index (χ3v) is 3.20. The molecular weight excluding hydrogens is 283 g/mol. The van der Waals surface area contributed by atoms with Gasteiger partial charge in [0, 0.05) is 25.2 Å². The Kier molecular flexibility index (Phi) is 5.27. The fourth-order valence-electron chi connectivity index (χ4n) is 1.29. The first-order chi connectivity index (χ1) is 8.71. The third-order valence-electron chi connectivity index (χ3n) is 2.35. The number of likely N-dealkylation sites (N-methyl/N-ethyl adjacent to an activating group) is 2. The van der Waals surface area contributed by atoms with Crippen molar-refractivity contribution in [2.75, 3.05) is 32.1 Å². The predicted molar refractivity (Wildman–Crippen MR) is 65.1 cm³/mol. The minimum atomic E-state index is -4.68. The second kappa shape index (κ2) is 6.31. The van der Waals surface area contributed by atoms with E-state index in [1.54, 1.807) is 5.38 Å². The maximum atomic E-state index is 12.1. The largest absolute Gasteiger partial charge is 0.415 e. The van der Waals surface area contributed by atoms with E-state index in [0.717, 1.165) is 4.90 Å². The van der Waals surface area contributed by atoms with Gasteiger partial charge >= 0.3 is 6.18 Å². The SMILES string of the molecule is CN(CC(=O)N(C)c1nccs1)CC(O)C(F)(F)F. The van der Waals surface area contributed by atoms with E-state index in [-0.39, 0.29) is 6.54 Å². The molecule has 1 unspecified atom stereocenters. The quantitative estimate of drug-likeness (QED) is 0.879. The zero-order valence-electron chi connectivity index (χ0n) is 10.4. The van der Waals surface area contributed by atoms with Crippen molar-refractivity contribution in [1.82, 2.24) is 9.88 Å². The lowest BCUT2D eigenvalue weighted by Gasteiger charge is -2.23. The molecule has 1 aromatic heterocycles. The topological polar surface area (TPSA) is 56.7 Å². The standard InChI is InChI=1S/C10H14F3N3O2S/c1-15(5-7(17)10(11,12)13)6-8(18)16(2)9-14-3-4-19-9/h3-4,7,17H,5-6H2,1-2H3. The Bertz CT molecular complexity index is 411. The number of amides is 1. The first-order valence-corrected chi connectivity index (χ1v) is 6.19. The van der Waals surface area contributed by atoms with Crippen molar-refractivity contribution in [2.45, 2.75) is 12.3 Å². The fourth-order valence-corrected chi connectivity index (χ4v) is 1.91. The highest BCUT2D eigenvalue weighted by atomic mass is 32.1. The molecule has 1 aromatic rings. The Morgan fingerprint density at radius 3 is 2.63 bits per heavy atom. The van der Waals surface area contributed by atoms with E-state index in [2.05, 4.69) is 4.98 Å². The van der Waals surface area contributed by atoms with Crippen molar-refractivity contribution in [1.29, 1.82) is 0 Å². The van der Waals surface area contributed by atoms with Crippen LogP contribution in [0.25, 0.3) is 0 Å². The van der Waals surface area contributed by atoms with Crippen LogP contribution in [0.2, 0.25) is 0 Å². The van der Waals surface area contributed by atoms with E-state index >= 15 is 0 Å². The molecule has 0 fully saturated rings. The summed E-state index contributed by atoms with van der Waals surface area (Å²) >= 11 is 1.25. The van der Waals surface area contributed by atoms with Gasteiger partial charge in [-0.3, -0.25) is 14.6 Å². The minimum Gasteiger partial charge on any atom is -0.382 e. The van der Waals surface area contributed by atoms with Crippen LogP contribution in [0.1, 0.15) is 0 Å². The van der Waals surface area contributed by atoms with E-state index in [4.69, 9.17) is 5.11 Å². The van der Waals surface area contributed by atoms with E-state index < -0.39 is 24.7 Å². The molecule has 5 nitrogen and oxygen atoms in total. The summed E-state index contributed by atoms with van der Waals surface area (Å²) in [6.45, 7) is -0.885. The zero-order valence-corrected chi connectivity index (χ0v) is 11.2. The van der Waals surface area contributed by atoms with Gasteiger partial charge in [-0.05, 0) is 7.05 Å². The van der Waals surface area contributed by atoms with Gasteiger partial charge in [-0.2, -0.15) is 13.2 Å². The average molecular weight is 297 g/mol. The number of nitrogens with zero attached hydrogens (tertiary/aromatic N) is 3. The van der Waals surface area contributed by atoms with Gasteiger partial charge in [0.15, 0.2) is 11.2 Å². The van der Waals surface area contributed by atoms with Gasteiger partial charge < -0.3 is 5.11 Å². The molecule has 0 radical (unpaired) electrons.